The molecule has 0 aliphatic carbocycles. The zero-order valence-corrected chi connectivity index (χ0v) is 17.2. The molecular formula is C19H26ClIN2O. The lowest BCUT2D eigenvalue weighted by Gasteiger charge is -2.38. The first-order valence-corrected chi connectivity index (χ1v) is 10.5. The van der Waals surface area contributed by atoms with Crippen LogP contribution in [-0.4, -0.2) is 48.4 Å². The van der Waals surface area contributed by atoms with Gasteiger partial charge in [0.15, 0.2) is 0 Å². The molecule has 2 aliphatic rings. The zero-order chi connectivity index (χ0) is 17.1. The van der Waals surface area contributed by atoms with Crippen LogP contribution >= 0.6 is 34.2 Å². The standard InChI is InChI=1S/C19H26ClIN2O/c1-14-6-9-22(10-7-14)12-15-3-2-8-23(13-15)19(24)17-5-4-16(20)11-18(17)21/h4-5,11,14-15H,2-3,6-10,12-13H2,1H3. The summed E-state index contributed by atoms with van der Waals surface area (Å²) in [4.78, 5) is 17.5. The number of hydrogen-bond acceptors (Lipinski definition) is 2. The molecule has 1 aromatic carbocycles. The summed E-state index contributed by atoms with van der Waals surface area (Å²) < 4.78 is 0.942. The van der Waals surface area contributed by atoms with Gasteiger partial charge in [-0.05, 0) is 91.4 Å². The van der Waals surface area contributed by atoms with E-state index in [9.17, 15) is 4.79 Å². The Morgan fingerprint density at radius 3 is 2.71 bits per heavy atom. The van der Waals surface area contributed by atoms with Gasteiger partial charge in [-0.15, -0.1) is 0 Å². The van der Waals surface area contributed by atoms with Crippen molar-refractivity contribution < 1.29 is 4.79 Å². The van der Waals surface area contributed by atoms with E-state index in [4.69, 9.17) is 11.6 Å². The van der Waals surface area contributed by atoms with Crippen molar-refractivity contribution in [2.75, 3.05) is 32.7 Å². The van der Waals surface area contributed by atoms with Crippen LogP contribution in [0.15, 0.2) is 18.2 Å². The van der Waals surface area contributed by atoms with Gasteiger partial charge in [-0.1, -0.05) is 18.5 Å². The summed E-state index contributed by atoms with van der Waals surface area (Å²) in [6.45, 7) is 7.72. The van der Waals surface area contributed by atoms with Gasteiger partial charge in [0.25, 0.3) is 5.91 Å². The van der Waals surface area contributed by atoms with E-state index in [1.54, 1.807) is 0 Å². The van der Waals surface area contributed by atoms with E-state index in [1.165, 1.54) is 32.4 Å². The summed E-state index contributed by atoms with van der Waals surface area (Å²) >= 11 is 8.22. The van der Waals surface area contributed by atoms with Crippen LogP contribution in [-0.2, 0) is 0 Å². The number of piperidine rings is 2. The topological polar surface area (TPSA) is 23.6 Å². The molecular weight excluding hydrogens is 435 g/mol. The van der Waals surface area contributed by atoms with Gasteiger partial charge >= 0.3 is 0 Å². The molecule has 1 aromatic rings. The first-order valence-electron chi connectivity index (χ1n) is 8.99. The third-order valence-electron chi connectivity index (χ3n) is 5.36. The first kappa shape index (κ1) is 18.5. The van der Waals surface area contributed by atoms with Gasteiger partial charge in [0, 0.05) is 28.2 Å². The van der Waals surface area contributed by atoms with Crippen molar-refractivity contribution in [1.29, 1.82) is 0 Å². The predicted octanol–water partition coefficient (Wildman–Crippen LogP) is 4.53. The Balaban J connectivity index is 1.59. The number of carbonyl (C=O) groups is 1. The molecule has 0 spiro atoms. The second-order valence-corrected chi connectivity index (χ2v) is 8.97. The SMILES string of the molecule is CC1CCN(CC2CCCN(C(=O)c3ccc(Cl)cc3I)C2)CC1. The molecule has 0 bridgehead atoms. The second kappa shape index (κ2) is 8.37. The van der Waals surface area contributed by atoms with Crippen LogP contribution < -0.4 is 0 Å². The van der Waals surface area contributed by atoms with E-state index in [0.29, 0.717) is 10.9 Å². The van der Waals surface area contributed by atoms with E-state index in [-0.39, 0.29) is 5.91 Å². The van der Waals surface area contributed by atoms with Crippen molar-refractivity contribution in [3.05, 3.63) is 32.4 Å². The summed E-state index contributed by atoms with van der Waals surface area (Å²) in [5.74, 6) is 1.65. The normalized spacial score (nSPS) is 23.5. The van der Waals surface area contributed by atoms with Gasteiger partial charge in [0.05, 0.1) is 5.56 Å². The van der Waals surface area contributed by atoms with Crippen LogP contribution in [0.25, 0.3) is 0 Å². The molecule has 0 aromatic heterocycles. The van der Waals surface area contributed by atoms with Gasteiger partial charge < -0.3 is 9.80 Å². The quantitative estimate of drug-likeness (QED) is 0.619. The first-order chi connectivity index (χ1) is 11.5. The Bertz CT molecular complexity index is 587. The van der Waals surface area contributed by atoms with Crippen molar-refractivity contribution in [3.63, 3.8) is 0 Å². The number of hydrogen-bond donors (Lipinski definition) is 0. The molecule has 2 heterocycles. The molecule has 1 amide bonds. The number of amides is 1. The molecule has 24 heavy (non-hydrogen) atoms. The third-order valence-corrected chi connectivity index (χ3v) is 6.49. The van der Waals surface area contributed by atoms with E-state index >= 15 is 0 Å². The smallest absolute Gasteiger partial charge is 0.254 e. The lowest BCUT2D eigenvalue weighted by Crippen LogP contribution is -2.45. The van der Waals surface area contributed by atoms with E-state index in [1.807, 2.05) is 23.1 Å². The van der Waals surface area contributed by atoms with E-state index in [2.05, 4.69) is 34.4 Å². The monoisotopic (exact) mass is 460 g/mol. The molecule has 1 atom stereocenters. The van der Waals surface area contributed by atoms with Crippen LogP contribution in [0.2, 0.25) is 5.02 Å². The van der Waals surface area contributed by atoms with Gasteiger partial charge in [-0.3, -0.25) is 4.79 Å². The second-order valence-electron chi connectivity index (χ2n) is 7.37. The summed E-state index contributed by atoms with van der Waals surface area (Å²) in [7, 11) is 0. The minimum atomic E-state index is 0.160. The Hall–Kier alpha value is -0.330. The fraction of sp³-hybridized carbons (Fsp3) is 0.632. The van der Waals surface area contributed by atoms with Gasteiger partial charge in [0.1, 0.15) is 0 Å². The number of carbonyl (C=O) groups excluding carboxylic acids is 1. The van der Waals surface area contributed by atoms with Crippen molar-refractivity contribution in [2.24, 2.45) is 11.8 Å². The predicted molar refractivity (Wildman–Crippen MR) is 108 cm³/mol. The largest absolute Gasteiger partial charge is 0.338 e. The van der Waals surface area contributed by atoms with Crippen LogP contribution in [0.4, 0.5) is 0 Å². The maximum absolute atomic E-state index is 12.9. The Morgan fingerprint density at radius 1 is 1.25 bits per heavy atom. The number of nitrogens with zero attached hydrogens (tertiary/aromatic N) is 2. The molecule has 3 nitrogen and oxygen atoms in total. The average molecular weight is 461 g/mol. The highest BCUT2D eigenvalue weighted by atomic mass is 127. The summed E-state index contributed by atoms with van der Waals surface area (Å²) in [5, 5.41) is 0.687. The molecule has 3 rings (SSSR count). The van der Waals surface area contributed by atoms with E-state index in [0.717, 1.165) is 41.1 Å². The maximum atomic E-state index is 12.9. The molecule has 2 aliphatic heterocycles. The van der Waals surface area contributed by atoms with Gasteiger partial charge in [-0.25, -0.2) is 0 Å². The summed E-state index contributed by atoms with van der Waals surface area (Å²) in [6, 6.07) is 5.54. The Labute approximate surface area is 163 Å². The average Bonchev–Trinajstić information content (AvgIpc) is 2.57. The summed E-state index contributed by atoms with van der Waals surface area (Å²) in [6.07, 6.45) is 5.00. The number of likely N-dealkylation sites (tertiary alicyclic amines) is 2. The number of rotatable bonds is 3. The van der Waals surface area contributed by atoms with Crippen molar-refractivity contribution in [3.8, 4) is 0 Å². The Morgan fingerprint density at radius 2 is 2.00 bits per heavy atom. The minimum absolute atomic E-state index is 0.160. The van der Waals surface area contributed by atoms with Gasteiger partial charge in [0.2, 0.25) is 0 Å². The fourth-order valence-corrected chi connectivity index (χ4v) is 4.94. The van der Waals surface area contributed by atoms with Gasteiger partial charge in [-0.2, -0.15) is 0 Å². The van der Waals surface area contributed by atoms with Crippen LogP contribution in [0, 0.1) is 15.4 Å². The van der Waals surface area contributed by atoms with E-state index < -0.39 is 0 Å². The highest BCUT2D eigenvalue weighted by Crippen LogP contribution is 2.25. The van der Waals surface area contributed by atoms with Crippen molar-refractivity contribution in [1.82, 2.24) is 9.80 Å². The molecule has 132 valence electrons. The fourth-order valence-electron chi connectivity index (χ4n) is 3.84. The third kappa shape index (κ3) is 4.64. The zero-order valence-electron chi connectivity index (χ0n) is 14.3. The van der Waals surface area contributed by atoms with Crippen LogP contribution in [0.3, 0.4) is 0 Å². The molecule has 0 N–H and O–H groups in total. The molecule has 1 unspecified atom stereocenters. The van der Waals surface area contributed by atoms with Crippen molar-refractivity contribution in [2.45, 2.75) is 32.6 Å². The number of benzene rings is 1. The highest BCUT2D eigenvalue weighted by molar-refractivity contribution is 14.1. The summed E-state index contributed by atoms with van der Waals surface area (Å²) in [5.41, 5.74) is 0.785. The molecule has 2 fully saturated rings. The molecule has 5 heteroatoms. The van der Waals surface area contributed by atoms with Crippen molar-refractivity contribution >= 4 is 40.1 Å². The van der Waals surface area contributed by atoms with Crippen LogP contribution in [0.5, 0.6) is 0 Å². The maximum Gasteiger partial charge on any atom is 0.254 e. The lowest BCUT2D eigenvalue weighted by molar-refractivity contribution is 0.0621. The number of halogens is 2. The minimum Gasteiger partial charge on any atom is -0.338 e. The highest BCUT2D eigenvalue weighted by Gasteiger charge is 2.27. The van der Waals surface area contributed by atoms with Crippen LogP contribution in [0.1, 0.15) is 43.0 Å². The molecule has 2 saturated heterocycles. The lowest BCUT2D eigenvalue weighted by atomic mass is 9.94. The molecule has 0 saturated carbocycles. The molecule has 0 radical (unpaired) electrons. The Kier molecular flexibility index (Phi) is 6.44.